The molecule has 17 heavy (non-hydrogen) atoms. The lowest BCUT2D eigenvalue weighted by Gasteiger charge is -2.05. The minimum atomic E-state index is -0.0249. The maximum atomic E-state index is 12.3. The molecule has 2 rings (SSSR count). The third-order valence-electron chi connectivity index (χ3n) is 2.45. The molecule has 0 aliphatic rings. The second-order valence-corrected chi connectivity index (χ2v) is 5.11. The van der Waals surface area contributed by atoms with Gasteiger partial charge in [-0.2, -0.15) is 0 Å². The van der Waals surface area contributed by atoms with Gasteiger partial charge in [-0.25, -0.2) is 0 Å². The van der Waals surface area contributed by atoms with Gasteiger partial charge in [0.2, 0.25) is 0 Å². The van der Waals surface area contributed by atoms with Gasteiger partial charge in [0.15, 0.2) is 5.78 Å². The first-order valence-electron chi connectivity index (χ1n) is 5.14. The molecule has 0 aliphatic heterocycles. The molecule has 0 aromatic heterocycles. The van der Waals surface area contributed by atoms with Crippen LogP contribution >= 0.6 is 27.5 Å². The van der Waals surface area contributed by atoms with Crippen molar-refractivity contribution < 1.29 is 4.79 Å². The topological polar surface area (TPSA) is 17.1 Å². The van der Waals surface area contributed by atoms with Crippen molar-refractivity contribution in [1.82, 2.24) is 0 Å². The van der Waals surface area contributed by atoms with Crippen LogP contribution in [-0.2, 0) is 0 Å². The lowest BCUT2D eigenvalue weighted by atomic mass is 10.0. The second kappa shape index (κ2) is 5.03. The molecule has 0 fully saturated rings. The first kappa shape index (κ1) is 12.3. The third-order valence-corrected chi connectivity index (χ3v) is 3.38. The zero-order valence-corrected chi connectivity index (χ0v) is 11.5. The standard InChI is InChI=1S/C14H10BrClO/c1-9-5-6-13(15)12(7-9)14(17)10-3-2-4-11(16)8-10/h2-8H,1H3. The SMILES string of the molecule is Cc1ccc(Br)c(C(=O)c2cccc(Cl)c2)c1. The van der Waals surface area contributed by atoms with E-state index < -0.39 is 0 Å². The molecule has 2 aromatic rings. The summed E-state index contributed by atoms with van der Waals surface area (Å²) in [6.45, 7) is 1.96. The Morgan fingerprint density at radius 2 is 1.94 bits per heavy atom. The minimum absolute atomic E-state index is 0.0249. The van der Waals surface area contributed by atoms with Crippen LogP contribution in [0.5, 0.6) is 0 Å². The Labute approximate surface area is 114 Å². The first-order chi connectivity index (χ1) is 8.08. The number of carbonyl (C=O) groups excluding carboxylic acids is 1. The highest BCUT2D eigenvalue weighted by Gasteiger charge is 2.12. The summed E-state index contributed by atoms with van der Waals surface area (Å²) >= 11 is 9.28. The maximum Gasteiger partial charge on any atom is 0.194 e. The normalized spacial score (nSPS) is 10.3. The number of benzene rings is 2. The average molecular weight is 310 g/mol. The van der Waals surface area contributed by atoms with E-state index in [2.05, 4.69) is 15.9 Å². The Hall–Kier alpha value is -1.12. The molecule has 0 radical (unpaired) electrons. The summed E-state index contributed by atoms with van der Waals surface area (Å²) in [5.74, 6) is -0.0249. The first-order valence-corrected chi connectivity index (χ1v) is 6.31. The smallest absolute Gasteiger partial charge is 0.194 e. The van der Waals surface area contributed by atoms with Crippen molar-refractivity contribution >= 4 is 33.3 Å². The van der Waals surface area contributed by atoms with E-state index in [1.165, 1.54) is 0 Å². The van der Waals surface area contributed by atoms with Gasteiger partial charge >= 0.3 is 0 Å². The van der Waals surface area contributed by atoms with Crippen LogP contribution in [0.1, 0.15) is 21.5 Å². The summed E-state index contributed by atoms with van der Waals surface area (Å²) < 4.78 is 0.799. The summed E-state index contributed by atoms with van der Waals surface area (Å²) in [6.07, 6.45) is 0. The van der Waals surface area contributed by atoms with Crippen molar-refractivity contribution in [2.45, 2.75) is 6.92 Å². The molecule has 0 heterocycles. The Balaban J connectivity index is 2.47. The van der Waals surface area contributed by atoms with Gasteiger partial charge in [0.05, 0.1) is 0 Å². The van der Waals surface area contributed by atoms with Crippen molar-refractivity contribution in [1.29, 1.82) is 0 Å². The van der Waals surface area contributed by atoms with Crippen LogP contribution in [-0.4, -0.2) is 5.78 Å². The maximum absolute atomic E-state index is 12.3. The quantitative estimate of drug-likeness (QED) is 0.738. The van der Waals surface area contributed by atoms with Crippen LogP contribution in [0.25, 0.3) is 0 Å². The Morgan fingerprint density at radius 3 is 2.65 bits per heavy atom. The minimum Gasteiger partial charge on any atom is -0.289 e. The molecule has 2 aromatic carbocycles. The van der Waals surface area contributed by atoms with E-state index in [-0.39, 0.29) is 5.78 Å². The fourth-order valence-electron chi connectivity index (χ4n) is 1.60. The van der Waals surface area contributed by atoms with Crippen molar-refractivity contribution in [3.63, 3.8) is 0 Å². The highest BCUT2D eigenvalue weighted by Crippen LogP contribution is 2.22. The molecule has 0 spiro atoms. The summed E-state index contributed by atoms with van der Waals surface area (Å²) in [6, 6.07) is 12.7. The zero-order valence-electron chi connectivity index (χ0n) is 9.21. The number of carbonyl (C=O) groups is 1. The molecule has 3 heteroatoms. The van der Waals surface area contributed by atoms with E-state index in [0.29, 0.717) is 16.1 Å². The molecule has 1 nitrogen and oxygen atoms in total. The summed E-state index contributed by atoms with van der Waals surface area (Å²) in [7, 11) is 0. The van der Waals surface area contributed by atoms with E-state index in [4.69, 9.17) is 11.6 Å². The number of rotatable bonds is 2. The molecule has 0 unspecified atom stereocenters. The molecule has 0 amide bonds. The van der Waals surface area contributed by atoms with Crippen LogP contribution in [0.2, 0.25) is 5.02 Å². The van der Waals surface area contributed by atoms with Crippen LogP contribution in [0, 0.1) is 6.92 Å². The Morgan fingerprint density at radius 1 is 1.18 bits per heavy atom. The summed E-state index contributed by atoms with van der Waals surface area (Å²) in [4.78, 5) is 12.3. The van der Waals surface area contributed by atoms with Gasteiger partial charge in [-0.15, -0.1) is 0 Å². The van der Waals surface area contributed by atoms with E-state index in [0.717, 1.165) is 10.0 Å². The van der Waals surface area contributed by atoms with Gasteiger partial charge in [-0.1, -0.05) is 51.3 Å². The predicted octanol–water partition coefficient (Wildman–Crippen LogP) is 4.64. The summed E-state index contributed by atoms with van der Waals surface area (Å²) in [5, 5.41) is 0.569. The van der Waals surface area contributed by atoms with Gasteiger partial charge in [0.25, 0.3) is 0 Å². The molecule has 0 saturated heterocycles. The number of hydrogen-bond donors (Lipinski definition) is 0. The average Bonchev–Trinajstić information content (AvgIpc) is 2.31. The molecule has 0 saturated carbocycles. The molecular formula is C14H10BrClO. The Bertz CT molecular complexity index is 578. The monoisotopic (exact) mass is 308 g/mol. The number of hydrogen-bond acceptors (Lipinski definition) is 1. The lowest BCUT2D eigenvalue weighted by Crippen LogP contribution is -2.02. The van der Waals surface area contributed by atoms with Crippen LogP contribution in [0.3, 0.4) is 0 Å². The molecular weight excluding hydrogens is 300 g/mol. The number of halogens is 2. The van der Waals surface area contributed by atoms with Gasteiger partial charge < -0.3 is 0 Å². The van der Waals surface area contributed by atoms with Crippen LogP contribution < -0.4 is 0 Å². The van der Waals surface area contributed by atoms with Crippen molar-refractivity contribution in [3.05, 3.63) is 68.7 Å². The predicted molar refractivity (Wildman–Crippen MR) is 73.8 cm³/mol. The zero-order chi connectivity index (χ0) is 12.4. The fraction of sp³-hybridized carbons (Fsp3) is 0.0714. The van der Waals surface area contributed by atoms with E-state index in [9.17, 15) is 4.79 Å². The molecule has 86 valence electrons. The lowest BCUT2D eigenvalue weighted by molar-refractivity contribution is 0.103. The summed E-state index contributed by atoms with van der Waals surface area (Å²) in [5.41, 5.74) is 2.31. The van der Waals surface area contributed by atoms with E-state index >= 15 is 0 Å². The van der Waals surface area contributed by atoms with E-state index in [1.807, 2.05) is 25.1 Å². The van der Waals surface area contributed by atoms with Crippen molar-refractivity contribution in [2.75, 3.05) is 0 Å². The molecule has 0 aliphatic carbocycles. The Kier molecular flexibility index (Phi) is 3.65. The molecule has 0 N–H and O–H groups in total. The second-order valence-electron chi connectivity index (χ2n) is 3.82. The van der Waals surface area contributed by atoms with Gasteiger partial charge in [-0.05, 0) is 31.2 Å². The largest absolute Gasteiger partial charge is 0.289 e. The van der Waals surface area contributed by atoms with Crippen molar-refractivity contribution in [3.8, 4) is 0 Å². The van der Waals surface area contributed by atoms with Gasteiger partial charge in [-0.3, -0.25) is 4.79 Å². The van der Waals surface area contributed by atoms with E-state index in [1.54, 1.807) is 24.3 Å². The number of aryl methyl sites for hydroxylation is 1. The third kappa shape index (κ3) is 2.76. The van der Waals surface area contributed by atoms with Gasteiger partial charge in [0.1, 0.15) is 0 Å². The van der Waals surface area contributed by atoms with Crippen molar-refractivity contribution in [2.24, 2.45) is 0 Å². The fourth-order valence-corrected chi connectivity index (χ4v) is 2.22. The molecule has 0 atom stereocenters. The van der Waals surface area contributed by atoms with Crippen LogP contribution in [0.4, 0.5) is 0 Å². The number of ketones is 1. The highest BCUT2D eigenvalue weighted by atomic mass is 79.9. The highest BCUT2D eigenvalue weighted by molar-refractivity contribution is 9.10. The van der Waals surface area contributed by atoms with Crippen LogP contribution in [0.15, 0.2) is 46.9 Å². The van der Waals surface area contributed by atoms with Gasteiger partial charge in [0, 0.05) is 20.6 Å². The molecule has 0 bridgehead atoms.